The fraction of sp³-hybridized carbons (Fsp3) is 0.538. The first kappa shape index (κ1) is 14.2. The lowest BCUT2D eigenvalue weighted by Gasteiger charge is -2.19. The van der Waals surface area contributed by atoms with E-state index in [1.54, 1.807) is 14.2 Å². The first-order chi connectivity index (χ1) is 8.26. The molecule has 0 spiro atoms. The maximum absolute atomic E-state index is 5.42. The Kier molecular flexibility index (Phi) is 6.22. The Hall–Kier alpha value is -0.870. The number of nitrogens with one attached hydrogen (secondary N) is 1. The van der Waals surface area contributed by atoms with Crippen molar-refractivity contribution >= 4 is 11.8 Å². The maximum Gasteiger partial charge on any atom is 0.127 e. The molecule has 1 atom stereocenters. The van der Waals surface area contributed by atoms with Gasteiger partial charge in [0.25, 0.3) is 0 Å². The molecule has 0 amide bonds. The second kappa shape index (κ2) is 7.45. The summed E-state index contributed by atoms with van der Waals surface area (Å²) < 4.78 is 10.6. The van der Waals surface area contributed by atoms with Crippen molar-refractivity contribution < 1.29 is 9.47 Å². The van der Waals surface area contributed by atoms with Crippen LogP contribution in [0.1, 0.15) is 18.0 Å². The van der Waals surface area contributed by atoms with E-state index in [4.69, 9.17) is 9.47 Å². The standard InChI is InChI=1S/C13H21NO2S/c1-14-12(7-8-17-4)11-6-5-10(15-2)9-13(11)16-3/h5-6,9,12,14H,7-8H2,1-4H3. The second-order valence-corrected chi connectivity index (χ2v) is 4.72. The zero-order valence-electron chi connectivity index (χ0n) is 10.9. The molecule has 0 aromatic heterocycles. The Bertz CT molecular complexity index is 344. The van der Waals surface area contributed by atoms with Crippen LogP contribution in [0.3, 0.4) is 0 Å². The Balaban J connectivity index is 2.93. The summed E-state index contributed by atoms with van der Waals surface area (Å²) in [4.78, 5) is 0. The summed E-state index contributed by atoms with van der Waals surface area (Å²) in [6.07, 6.45) is 3.21. The zero-order chi connectivity index (χ0) is 12.7. The molecule has 1 aromatic carbocycles. The van der Waals surface area contributed by atoms with Gasteiger partial charge >= 0.3 is 0 Å². The molecule has 0 saturated carbocycles. The third-order valence-electron chi connectivity index (χ3n) is 2.78. The molecule has 0 aliphatic rings. The van der Waals surface area contributed by atoms with Gasteiger partial charge in [0, 0.05) is 17.7 Å². The van der Waals surface area contributed by atoms with Crippen LogP contribution in [-0.4, -0.2) is 33.3 Å². The quantitative estimate of drug-likeness (QED) is 0.811. The normalized spacial score (nSPS) is 12.2. The Morgan fingerprint density at radius 2 is 2.06 bits per heavy atom. The van der Waals surface area contributed by atoms with Gasteiger partial charge in [-0.05, 0) is 31.5 Å². The molecule has 0 saturated heterocycles. The minimum Gasteiger partial charge on any atom is -0.497 e. The molecule has 1 N–H and O–H groups in total. The first-order valence-electron chi connectivity index (χ1n) is 5.65. The highest BCUT2D eigenvalue weighted by atomic mass is 32.2. The van der Waals surface area contributed by atoms with Gasteiger partial charge < -0.3 is 14.8 Å². The van der Waals surface area contributed by atoms with E-state index in [-0.39, 0.29) is 0 Å². The van der Waals surface area contributed by atoms with E-state index in [9.17, 15) is 0 Å². The van der Waals surface area contributed by atoms with Crippen LogP contribution in [0.2, 0.25) is 0 Å². The fourth-order valence-electron chi connectivity index (χ4n) is 1.80. The van der Waals surface area contributed by atoms with E-state index in [2.05, 4.69) is 17.6 Å². The fourth-order valence-corrected chi connectivity index (χ4v) is 2.27. The highest BCUT2D eigenvalue weighted by molar-refractivity contribution is 7.98. The smallest absolute Gasteiger partial charge is 0.127 e. The molecule has 1 aromatic rings. The summed E-state index contributed by atoms with van der Waals surface area (Å²) in [7, 11) is 5.34. The average molecular weight is 255 g/mol. The number of hydrogen-bond acceptors (Lipinski definition) is 4. The van der Waals surface area contributed by atoms with Crippen molar-refractivity contribution in [1.82, 2.24) is 5.32 Å². The minimum absolute atomic E-state index is 0.323. The van der Waals surface area contributed by atoms with E-state index in [0.29, 0.717) is 6.04 Å². The zero-order valence-corrected chi connectivity index (χ0v) is 11.8. The molecule has 1 rings (SSSR count). The van der Waals surface area contributed by atoms with Crippen LogP contribution >= 0.6 is 11.8 Å². The van der Waals surface area contributed by atoms with Crippen LogP contribution in [0, 0.1) is 0 Å². The van der Waals surface area contributed by atoms with Crippen molar-refractivity contribution in [2.45, 2.75) is 12.5 Å². The Morgan fingerprint density at radius 1 is 1.29 bits per heavy atom. The Morgan fingerprint density at radius 3 is 2.59 bits per heavy atom. The highest BCUT2D eigenvalue weighted by Gasteiger charge is 2.14. The molecule has 96 valence electrons. The molecule has 17 heavy (non-hydrogen) atoms. The van der Waals surface area contributed by atoms with Crippen LogP contribution in [0.4, 0.5) is 0 Å². The molecule has 1 unspecified atom stereocenters. The predicted octanol–water partition coefficient (Wildman–Crippen LogP) is 2.72. The van der Waals surface area contributed by atoms with E-state index in [1.165, 1.54) is 5.56 Å². The predicted molar refractivity (Wildman–Crippen MR) is 74.3 cm³/mol. The number of rotatable bonds is 7. The van der Waals surface area contributed by atoms with E-state index in [0.717, 1.165) is 23.7 Å². The number of methoxy groups -OCH3 is 2. The van der Waals surface area contributed by atoms with Crippen LogP contribution in [0.5, 0.6) is 11.5 Å². The van der Waals surface area contributed by atoms with Gasteiger partial charge in [-0.3, -0.25) is 0 Å². The molecule has 4 heteroatoms. The first-order valence-corrected chi connectivity index (χ1v) is 7.04. The van der Waals surface area contributed by atoms with Crippen LogP contribution in [0.25, 0.3) is 0 Å². The molecule has 0 heterocycles. The number of ether oxygens (including phenoxy) is 2. The van der Waals surface area contributed by atoms with Crippen LogP contribution < -0.4 is 14.8 Å². The summed E-state index contributed by atoms with van der Waals surface area (Å²) >= 11 is 1.86. The molecule has 3 nitrogen and oxygen atoms in total. The summed E-state index contributed by atoms with van der Waals surface area (Å²) in [6, 6.07) is 6.29. The minimum atomic E-state index is 0.323. The van der Waals surface area contributed by atoms with Crippen molar-refractivity contribution in [3.05, 3.63) is 23.8 Å². The third kappa shape index (κ3) is 3.82. The van der Waals surface area contributed by atoms with Gasteiger partial charge in [-0.2, -0.15) is 11.8 Å². The van der Waals surface area contributed by atoms with E-state index >= 15 is 0 Å². The summed E-state index contributed by atoms with van der Waals surface area (Å²) in [5.41, 5.74) is 1.19. The van der Waals surface area contributed by atoms with Gasteiger partial charge in [-0.25, -0.2) is 0 Å². The van der Waals surface area contributed by atoms with Gasteiger partial charge in [0.2, 0.25) is 0 Å². The number of benzene rings is 1. The van der Waals surface area contributed by atoms with E-state index in [1.807, 2.05) is 30.9 Å². The molecular weight excluding hydrogens is 234 g/mol. The van der Waals surface area contributed by atoms with Crippen molar-refractivity contribution in [3.63, 3.8) is 0 Å². The molecule has 0 radical (unpaired) electrons. The van der Waals surface area contributed by atoms with Gasteiger partial charge in [-0.1, -0.05) is 6.07 Å². The van der Waals surface area contributed by atoms with Crippen LogP contribution in [0.15, 0.2) is 18.2 Å². The lowest BCUT2D eigenvalue weighted by atomic mass is 10.0. The Labute approximate surface area is 108 Å². The largest absolute Gasteiger partial charge is 0.497 e. The molecule has 0 aliphatic heterocycles. The van der Waals surface area contributed by atoms with Crippen molar-refractivity contribution in [2.75, 3.05) is 33.3 Å². The second-order valence-electron chi connectivity index (χ2n) is 3.73. The third-order valence-corrected chi connectivity index (χ3v) is 3.42. The number of thioether (sulfide) groups is 1. The van der Waals surface area contributed by atoms with Crippen molar-refractivity contribution in [3.8, 4) is 11.5 Å². The molecule has 0 aliphatic carbocycles. The highest BCUT2D eigenvalue weighted by Crippen LogP contribution is 2.31. The average Bonchev–Trinajstić information content (AvgIpc) is 2.39. The lowest BCUT2D eigenvalue weighted by molar-refractivity contribution is 0.385. The monoisotopic (exact) mass is 255 g/mol. The van der Waals surface area contributed by atoms with E-state index < -0.39 is 0 Å². The molecular formula is C13H21NO2S. The van der Waals surface area contributed by atoms with Crippen LogP contribution in [-0.2, 0) is 0 Å². The van der Waals surface area contributed by atoms with Crippen molar-refractivity contribution in [2.24, 2.45) is 0 Å². The van der Waals surface area contributed by atoms with Gasteiger partial charge in [0.1, 0.15) is 11.5 Å². The maximum atomic E-state index is 5.42. The number of hydrogen-bond donors (Lipinski definition) is 1. The molecule has 0 bridgehead atoms. The summed E-state index contributed by atoms with van der Waals surface area (Å²) in [5.74, 6) is 2.83. The van der Waals surface area contributed by atoms with Gasteiger partial charge in [0.15, 0.2) is 0 Å². The van der Waals surface area contributed by atoms with Gasteiger partial charge in [0.05, 0.1) is 14.2 Å². The SMILES string of the molecule is CNC(CCSC)c1ccc(OC)cc1OC. The van der Waals surface area contributed by atoms with Crippen molar-refractivity contribution in [1.29, 1.82) is 0 Å². The lowest BCUT2D eigenvalue weighted by Crippen LogP contribution is -2.18. The summed E-state index contributed by atoms with van der Waals surface area (Å²) in [6.45, 7) is 0. The summed E-state index contributed by atoms with van der Waals surface area (Å²) in [5, 5.41) is 3.33. The molecule has 0 fully saturated rings. The topological polar surface area (TPSA) is 30.5 Å². The van der Waals surface area contributed by atoms with Gasteiger partial charge in [-0.15, -0.1) is 0 Å².